The Labute approximate surface area is 163 Å². The van der Waals surface area contributed by atoms with Gasteiger partial charge in [0, 0.05) is 22.5 Å². The van der Waals surface area contributed by atoms with Gasteiger partial charge in [-0.2, -0.15) is 0 Å². The summed E-state index contributed by atoms with van der Waals surface area (Å²) in [6.45, 7) is 1.41. The van der Waals surface area contributed by atoms with Crippen LogP contribution in [0.4, 0.5) is 11.4 Å². The molecule has 0 aliphatic carbocycles. The number of amides is 1. The molecule has 0 saturated carbocycles. The molecular weight excluding hydrogens is 376 g/mol. The number of hydrogen-bond donors (Lipinski definition) is 2. The molecule has 0 aromatic heterocycles. The second kappa shape index (κ2) is 8.06. The zero-order chi connectivity index (χ0) is 20.1. The summed E-state index contributed by atoms with van der Waals surface area (Å²) in [7, 11) is -3.80. The maximum atomic E-state index is 12.5. The number of ketones is 1. The summed E-state index contributed by atoms with van der Waals surface area (Å²) in [4.78, 5) is 23.6. The van der Waals surface area contributed by atoms with Crippen molar-refractivity contribution in [2.45, 2.75) is 11.8 Å². The van der Waals surface area contributed by atoms with Gasteiger partial charge in [0.15, 0.2) is 5.78 Å². The molecule has 6 nitrogen and oxygen atoms in total. The van der Waals surface area contributed by atoms with Crippen LogP contribution < -0.4 is 10.0 Å². The number of nitrogens with one attached hydrogen (secondary N) is 2. The molecule has 0 bridgehead atoms. The van der Waals surface area contributed by atoms with E-state index in [-0.39, 0.29) is 16.6 Å². The van der Waals surface area contributed by atoms with Gasteiger partial charge in [-0.25, -0.2) is 8.42 Å². The van der Waals surface area contributed by atoms with E-state index < -0.39 is 10.0 Å². The fraction of sp³-hybridized carbons (Fsp3) is 0.0476. The van der Waals surface area contributed by atoms with E-state index >= 15 is 0 Å². The third-order valence-corrected chi connectivity index (χ3v) is 5.40. The molecule has 0 saturated heterocycles. The third-order valence-electron chi connectivity index (χ3n) is 4.00. The SMILES string of the molecule is CC(=O)c1ccc(S(=O)(=O)Nc2ccc(C(=O)Nc3ccccc3)cc2)cc1. The van der Waals surface area contributed by atoms with E-state index in [0.717, 1.165) is 0 Å². The summed E-state index contributed by atoms with van der Waals surface area (Å²) < 4.78 is 27.4. The number of carbonyl (C=O) groups is 2. The Hall–Kier alpha value is -3.45. The first-order chi connectivity index (χ1) is 13.3. The maximum Gasteiger partial charge on any atom is 0.261 e. The molecule has 7 heteroatoms. The van der Waals surface area contributed by atoms with Crippen LogP contribution in [-0.4, -0.2) is 20.1 Å². The normalized spacial score (nSPS) is 10.9. The van der Waals surface area contributed by atoms with E-state index in [1.807, 2.05) is 18.2 Å². The van der Waals surface area contributed by atoms with Gasteiger partial charge in [-0.15, -0.1) is 0 Å². The summed E-state index contributed by atoms with van der Waals surface area (Å²) >= 11 is 0. The fourth-order valence-electron chi connectivity index (χ4n) is 2.50. The Kier molecular flexibility index (Phi) is 5.56. The number of sulfonamides is 1. The molecule has 0 aliphatic rings. The first-order valence-electron chi connectivity index (χ1n) is 8.45. The quantitative estimate of drug-likeness (QED) is 0.620. The van der Waals surface area contributed by atoms with Crippen LogP contribution in [0, 0.1) is 0 Å². The Balaban J connectivity index is 1.71. The van der Waals surface area contributed by atoms with Crippen LogP contribution in [-0.2, 0) is 10.0 Å². The number of anilines is 2. The minimum Gasteiger partial charge on any atom is -0.322 e. The molecule has 142 valence electrons. The maximum absolute atomic E-state index is 12.5. The molecule has 3 rings (SSSR count). The lowest BCUT2D eigenvalue weighted by Gasteiger charge is -2.10. The predicted molar refractivity (Wildman–Crippen MR) is 108 cm³/mol. The van der Waals surface area contributed by atoms with Crippen molar-refractivity contribution < 1.29 is 18.0 Å². The number of benzene rings is 3. The van der Waals surface area contributed by atoms with Crippen LogP contribution in [0.2, 0.25) is 0 Å². The standard InChI is InChI=1S/C21H18N2O4S/c1-15(24)16-9-13-20(14-10-16)28(26,27)23-19-11-7-17(8-12-19)21(25)22-18-5-3-2-4-6-18/h2-14,23H,1H3,(H,22,25). The average Bonchev–Trinajstić information content (AvgIpc) is 2.69. The summed E-state index contributed by atoms with van der Waals surface area (Å²) in [6.07, 6.45) is 0. The van der Waals surface area contributed by atoms with Crippen molar-refractivity contribution in [1.82, 2.24) is 0 Å². The highest BCUT2D eigenvalue weighted by Gasteiger charge is 2.15. The summed E-state index contributed by atoms with van der Waals surface area (Å²) in [5.74, 6) is -0.429. The molecule has 2 N–H and O–H groups in total. The van der Waals surface area contributed by atoms with Gasteiger partial charge in [-0.05, 0) is 55.5 Å². The number of carbonyl (C=O) groups excluding carboxylic acids is 2. The fourth-order valence-corrected chi connectivity index (χ4v) is 3.56. The van der Waals surface area contributed by atoms with E-state index in [4.69, 9.17) is 0 Å². The van der Waals surface area contributed by atoms with Crippen LogP contribution in [0.5, 0.6) is 0 Å². The molecule has 0 fully saturated rings. The number of hydrogen-bond acceptors (Lipinski definition) is 4. The number of Topliss-reactive ketones (excluding diaryl/α,β-unsaturated/α-hetero) is 1. The second-order valence-electron chi connectivity index (χ2n) is 6.08. The average molecular weight is 394 g/mol. The van der Waals surface area contributed by atoms with Gasteiger partial charge < -0.3 is 5.32 Å². The lowest BCUT2D eigenvalue weighted by Crippen LogP contribution is -2.14. The van der Waals surface area contributed by atoms with Crippen molar-refractivity contribution in [3.05, 3.63) is 90.0 Å². The highest BCUT2D eigenvalue weighted by Crippen LogP contribution is 2.18. The Bertz CT molecular complexity index is 1090. The molecule has 3 aromatic carbocycles. The van der Waals surface area contributed by atoms with Gasteiger partial charge in [-0.1, -0.05) is 30.3 Å². The van der Waals surface area contributed by atoms with Crippen LogP contribution in [0.1, 0.15) is 27.6 Å². The highest BCUT2D eigenvalue weighted by molar-refractivity contribution is 7.92. The van der Waals surface area contributed by atoms with Gasteiger partial charge in [0.25, 0.3) is 15.9 Å². The van der Waals surface area contributed by atoms with Crippen molar-refractivity contribution in [1.29, 1.82) is 0 Å². The van der Waals surface area contributed by atoms with E-state index in [1.165, 1.54) is 55.5 Å². The second-order valence-corrected chi connectivity index (χ2v) is 7.77. The topological polar surface area (TPSA) is 92.3 Å². The zero-order valence-electron chi connectivity index (χ0n) is 15.0. The van der Waals surface area contributed by atoms with Crippen LogP contribution in [0.25, 0.3) is 0 Å². The van der Waals surface area contributed by atoms with Gasteiger partial charge in [-0.3, -0.25) is 14.3 Å². The molecule has 1 amide bonds. The van der Waals surface area contributed by atoms with Crippen molar-refractivity contribution in [3.63, 3.8) is 0 Å². The highest BCUT2D eigenvalue weighted by atomic mass is 32.2. The molecular formula is C21H18N2O4S. The Morgan fingerprint density at radius 3 is 1.86 bits per heavy atom. The molecule has 0 aliphatic heterocycles. The van der Waals surface area contributed by atoms with Crippen LogP contribution in [0.15, 0.2) is 83.8 Å². The van der Waals surface area contributed by atoms with Crippen molar-refractivity contribution in [2.24, 2.45) is 0 Å². The number of rotatable bonds is 6. The molecule has 0 heterocycles. The Morgan fingerprint density at radius 1 is 0.714 bits per heavy atom. The van der Waals surface area contributed by atoms with Gasteiger partial charge in [0.2, 0.25) is 0 Å². The smallest absolute Gasteiger partial charge is 0.261 e. The molecule has 3 aromatic rings. The molecule has 28 heavy (non-hydrogen) atoms. The van der Waals surface area contributed by atoms with E-state index in [2.05, 4.69) is 10.0 Å². The van der Waals surface area contributed by atoms with E-state index in [9.17, 15) is 18.0 Å². The van der Waals surface area contributed by atoms with E-state index in [0.29, 0.717) is 22.5 Å². The number of para-hydroxylation sites is 1. The molecule has 0 atom stereocenters. The van der Waals surface area contributed by atoms with Gasteiger partial charge >= 0.3 is 0 Å². The molecule has 0 unspecified atom stereocenters. The summed E-state index contributed by atoms with van der Waals surface area (Å²) in [5.41, 5.74) is 1.84. The molecule has 0 spiro atoms. The van der Waals surface area contributed by atoms with Crippen molar-refractivity contribution in [3.8, 4) is 0 Å². The minimum atomic E-state index is -3.80. The third kappa shape index (κ3) is 4.63. The first-order valence-corrected chi connectivity index (χ1v) is 9.94. The van der Waals surface area contributed by atoms with Gasteiger partial charge in [0.1, 0.15) is 0 Å². The Morgan fingerprint density at radius 2 is 1.29 bits per heavy atom. The summed E-state index contributed by atoms with van der Waals surface area (Å²) in [5, 5.41) is 2.76. The minimum absolute atomic E-state index is 0.0448. The van der Waals surface area contributed by atoms with E-state index in [1.54, 1.807) is 12.1 Å². The van der Waals surface area contributed by atoms with Crippen LogP contribution in [0.3, 0.4) is 0 Å². The lowest BCUT2D eigenvalue weighted by molar-refractivity contribution is 0.101. The lowest BCUT2D eigenvalue weighted by atomic mass is 10.2. The van der Waals surface area contributed by atoms with Gasteiger partial charge in [0.05, 0.1) is 4.90 Å². The monoisotopic (exact) mass is 394 g/mol. The largest absolute Gasteiger partial charge is 0.322 e. The first kappa shape index (κ1) is 19.3. The van der Waals surface area contributed by atoms with Crippen molar-refractivity contribution >= 4 is 33.1 Å². The zero-order valence-corrected chi connectivity index (χ0v) is 15.9. The van der Waals surface area contributed by atoms with Crippen molar-refractivity contribution in [2.75, 3.05) is 10.0 Å². The molecule has 0 radical (unpaired) electrons. The summed E-state index contributed by atoms with van der Waals surface area (Å²) in [6, 6.07) is 20.8. The predicted octanol–water partition coefficient (Wildman–Crippen LogP) is 3.94. The van der Waals surface area contributed by atoms with Crippen LogP contribution >= 0.6 is 0 Å².